The van der Waals surface area contributed by atoms with Crippen LogP contribution in [0.15, 0.2) is 36.9 Å². The Morgan fingerprint density at radius 2 is 2.04 bits per heavy atom. The highest BCUT2D eigenvalue weighted by atomic mass is 35.5. The summed E-state index contributed by atoms with van der Waals surface area (Å²) in [6, 6.07) is 6.09. The van der Waals surface area contributed by atoms with Crippen molar-refractivity contribution in [1.29, 1.82) is 0 Å². The van der Waals surface area contributed by atoms with Crippen LogP contribution in [0.1, 0.15) is 36.2 Å². The Morgan fingerprint density at radius 1 is 1.32 bits per heavy atom. The van der Waals surface area contributed by atoms with Gasteiger partial charge in [0, 0.05) is 31.5 Å². The molecule has 25 heavy (non-hydrogen) atoms. The number of nitrogens with two attached hydrogens (primary N) is 1. The van der Waals surface area contributed by atoms with Crippen LogP contribution in [0.5, 0.6) is 0 Å². The summed E-state index contributed by atoms with van der Waals surface area (Å²) in [6.07, 6.45) is 6.14. The Hall–Kier alpha value is -1.56. The molecule has 2 aromatic rings. The van der Waals surface area contributed by atoms with Crippen molar-refractivity contribution in [2.24, 2.45) is 11.1 Å². The molecule has 0 spiro atoms. The van der Waals surface area contributed by atoms with Gasteiger partial charge in [-0.05, 0) is 30.9 Å². The molecule has 1 unspecified atom stereocenters. The molecular weight excluding hydrogens is 359 g/mol. The van der Waals surface area contributed by atoms with Crippen molar-refractivity contribution in [2.75, 3.05) is 13.1 Å². The number of hydrogen-bond donors (Lipinski definition) is 1. The van der Waals surface area contributed by atoms with Gasteiger partial charge in [-0.15, -0.1) is 24.8 Å². The van der Waals surface area contributed by atoms with Gasteiger partial charge in [-0.25, -0.2) is 4.98 Å². The van der Waals surface area contributed by atoms with Crippen molar-refractivity contribution in [3.8, 4) is 5.69 Å². The second-order valence-electron chi connectivity index (χ2n) is 7.10. The van der Waals surface area contributed by atoms with Crippen LogP contribution in [0, 0.1) is 12.3 Å². The zero-order valence-corrected chi connectivity index (χ0v) is 16.4. The summed E-state index contributed by atoms with van der Waals surface area (Å²) in [5, 5.41) is 0. The molecule has 1 fully saturated rings. The van der Waals surface area contributed by atoms with E-state index in [1.807, 2.05) is 40.8 Å². The smallest absolute Gasteiger partial charge is 0.256 e. The molecule has 0 saturated carbocycles. The number of hydrogen-bond acceptors (Lipinski definition) is 3. The highest BCUT2D eigenvalue weighted by Crippen LogP contribution is 2.29. The van der Waals surface area contributed by atoms with Crippen LogP contribution >= 0.6 is 24.8 Å². The SMILES string of the molecule is Cc1ccc(-n2ccnc2)c(C(=O)N2CCC(N)C(C)(C)C2)c1.Cl.Cl. The molecule has 138 valence electrons. The number of likely N-dealkylation sites (tertiary alicyclic amines) is 1. The number of aryl methyl sites for hydroxylation is 1. The molecule has 1 atom stereocenters. The van der Waals surface area contributed by atoms with Crippen molar-refractivity contribution in [1.82, 2.24) is 14.5 Å². The number of piperidine rings is 1. The van der Waals surface area contributed by atoms with Crippen LogP contribution in [-0.2, 0) is 0 Å². The summed E-state index contributed by atoms with van der Waals surface area (Å²) < 4.78 is 1.88. The largest absolute Gasteiger partial charge is 0.338 e. The minimum absolute atomic E-state index is 0. The third-order valence-corrected chi connectivity index (χ3v) is 4.76. The number of imidazole rings is 1. The molecular formula is C18H26Cl2N4O. The lowest BCUT2D eigenvalue weighted by Gasteiger charge is -2.42. The van der Waals surface area contributed by atoms with Crippen molar-refractivity contribution in [3.63, 3.8) is 0 Å². The lowest BCUT2D eigenvalue weighted by Crippen LogP contribution is -2.54. The van der Waals surface area contributed by atoms with Crippen LogP contribution in [0.25, 0.3) is 5.69 Å². The molecule has 5 nitrogen and oxygen atoms in total. The lowest BCUT2D eigenvalue weighted by molar-refractivity contribution is 0.0533. The van der Waals surface area contributed by atoms with E-state index in [2.05, 4.69) is 18.8 Å². The van der Waals surface area contributed by atoms with Crippen molar-refractivity contribution >= 4 is 30.7 Å². The van der Waals surface area contributed by atoms with E-state index in [0.29, 0.717) is 18.7 Å². The normalized spacial score (nSPS) is 18.9. The standard InChI is InChI=1S/C18H24N4O.2ClH/c1-13-4-5-15(22-9-7-20-12-22)14(10-13)17(23)21-8-6-16(19)18(2,3)11-21;;/h4-5,7,9-10,12,16H,6,8,11,19H2,1-3H3;2*1H. The highest BCUT2D eigenvalue weighted by Gasteiger charge is 2.36. The second kappa shape index (κ2) is 8.21. The maximum atomic E-state index is 13.1. The fourth-order valence-electron chi connectivity index (χ4n) is 3.17. The van der Waals surface area contributed by atoms with Gasteiger partial charge in [0.05, 0.1) is 17.6 Å². The Balaban J connectivity index is 0.00000156. The molecule has 0 radical (unpaired) electrons. The monoisotopic (exact) mass is 384 g/mol. The predicted octanol–water partition coefficient (Wildman–Crippen LogP) is 3.22. The molecule has 1 aliphatic heterocycles. The minimum atomic E-state index is -0.0626. The van der Waals surface area contributed by atoms with E-state index < -0.39 is 0 Å². The van der Waals surface area contributed by atoms with E-state index in [1.165, 1.54) is 0 Å². The number of nitrogens with zero attached hydrogens (tertiary/aromatic N) is 3. The summed E-state index contributed by atoms with van der Waals surface area (Å²) in [6.45, 7) is 7.66. The van der Waals surface area contributed by atoms with E-state index in [4.69, 9.17) is 5.73 Å². The number of amides is 1. The van der Waals surface area contributed by atoms with E-state index in [9.17, 15) is 4.79 Å². The molecule has 0 bridgehead atoms. The summed E-state index contributed by atoms with van der Waals surface area (Å²) in [5.74, 6) is 0.0670. The van der Waals surface area contributed by atoms with Crippen LogP contribution in [0.3, 0.4) is 0 Å². The number of rotatable bonds is 2. The Morgan fingerprint density at radius 3 is 2.64 bits per heavy atom. The molecule has 1 amide bonds. The van der Waals surface area contributed by atoms with Gasteiger partial charge < -0.3 is 15.2 Å². The quantitative estimate of drug-likeness (QED) is 0.863. The fourth-order valence-corrected chi connectivity index (χ4v) is 3.17. The van der Waals surface area contributed by atoms with Crippen molar-refractivity contribution < 1.29 is 4.79 Å². The minimum Gasteiger partial charge on any atom is -0.338 e. The first-order valence-electron chi connectivity index (χ1n) is 8.02. The molecule has 1 aliphatic rings. The first kappa shape index (κ1) is 21.5. The molecule has 2 N–H and O–H groups in total. The molecule has 2 heterocycles. The van der Waals surface area contributed by atoms with Gasteiger partial charge in [0.2, 0.25) is 0 Å². The second-order valence-corrected chi connectivity index (χ2v) is 7.10. The number of halogens is 2. The van der Waals surface area contributed by atoms with E-state index in [0.717, 1.165) is 17.7 Å². The Bertz CT molecular complexity index is 716. The van der Waals surface area contributed by atoms with Crippen LogP contribution in [-0.4, -0.2) is 39.5 Å². The summed E-state index contributed by atoms with van der Waals surface area (Å²) in [5.41, 5.74) is 8.79. The van der Waals surface area contributed by atoms with Gasteiger partial charge in [-0.3, -0.25) is 4.79 Å². The fraction of sp³-hybridized carbons (Fsp3) is 0.444. The number of benzene rings is 1. The summed E-state index contributed by atoms with van der Waals surface area (Å²) in [4.78, 5) is 19.1. The summed E-state index contributed by atoms with van der Waals surface area (Å²) >= 11 is 0. The summed E-state index contributed by atoms with van der Waals surface area (Å²) in [7, 11) is 0. The number of aromatic nitrogens is 2. The maximum absolute atomic E-state index is 13.1. The Labute approximate surface area is 161 Å². The predicted molar refractivity (Wildman–Crippen MR) is 105 cm³/mol. The van der Waals surface area contributed by atoms with Gasteiger partial charge in [-0.1, -0.05) is 25.5 Å². The zero-order chi connectivity index (χ0) is 16.6. The van der Waals surface area contributed by atoms with E-state index >= 15 is 0 Å². The van der Waals surface area contributed by atoms with Crippen molar-refractivity contribution in [2.45, 2.75) is 33.2 Å². The zero-order valence-electron chi connectivity index (χ0n) is 14.8. The van der Waals surface area contributed by atoms with Gasteiger partial charge >= 0.3 is 0 Å². The van der Waals surface area contributed by atoms with Gasteiger partial charge in [-0.2, -0.15) is 0 Å². The van der Waals surface area contributed by atoms with Crippen LogP contribution < -0.4 is 5.73 Å². The van der Waals surface area contributed by atoms with Gasteiger partial charge in [0.25, 0.3) is 5.91 Å². The Kier molecular flexibility index (Phi) is 7.06. The average Bonchev–Trinajstić information content (AvgIpc) is 3.03. The van der Waals surface area contributed by atoms with Crippen molar-refractivity contribution in [3.05, 3.63) is 48.0 Å². The molecule has 1 saturated heterocycles. The van der Waals surface area contributed by atoms with Gasteiger partial charge in [0.15, 0.2) is 0 Å². The van der Waals surface area contributed by atoms with E-state index in [-0.39, 0.29) is 42.2 Å². The first-order valence-corrected chi connectivity index (χ1v) is 8.02. The third-order valence-electron chi connectivity index (χ3n) is 4.76. The topological polar surface area (TPSA) is 64.2 Å². The molecule has 7 heteroatoms. The number of carbonyl (C=O) groups is 1. The lowest BCUT2D eigenvalue weighted by atomic mass is 9.79. The first-order chi connectivity index (χ1) is 10.9. The third kappa shape index (κ3) is 4.35. The van der Waals surface area contributed by atoms with Crippen LogP contribution in [0.4, 0.5) is 0 Å². The van der Waals surface area contributed by atoms with Crippen LogP contribution in [0.2, 0.25) is 0 Å². The molecule has 0 aliphatic carbocycles. The van der Waals surface area contributed by atoms with Gasteiger partial charge in [0.1, 0.15) is 0 Å². The molecule has 1 aromatic heterocycles. The molecule has 1 aromatic carbocycles. The average molecular weight is 385 g/mol. The molecule has 3 rings (SSSR count). The number of carbonyl (C=O) groups excluding carboxylic acids is 1. The maximum Gasteiger partial charge on any atom is 0.256 e. The highest BCUT2D eigenvalue weighted by molar-refractivity contribution is 5.98. The van der Waals surface area contributed by atoms with E-state index in [1.54, 1.807) is 12.5 Å².